The Morgan fingerprint density at radius 3 is 2.79 bits per heavy atom. The number of carbonyl (C=O) groups is 2. The summed E-state index contributed by atoms with van der Waals surface area (Å²) in [5, 5.41) is 10.8. The SMILES string of the molecule is CCCCC(=O)N1CCC[C@H]1c1nc(COc2ccc(Cl)cc2)c(C(=O)O)s1. The highest BCUT2D eigenvalue weighted by atomic mass is 35.5. The third kappa shape index (κ3) is 4.83. The second kappa shape index (κ2) is 9.39. The fraction of sp³-hybridized carbons (Fsp3) is 0.450. The number of carboxylic acids is 1. The first-order chi connectivity index (χ1) is 13.5. The van der Waals surface area contributed by atoms with Gasteiger partial charge < -0.3 is 14.7 Å². The molecule has 1 fully saturated rings. The maximum atomic E-state index is 12.5. The largest absolute Gasteiger partial charge is 0.487 e. The maximum Gasteiger partial charge on any atom is 0.347 e. The van der Waals surface area contributed by atoms with E-state index in [2.05, 4.69) is 11.9 Å². The Morgan fingerprint density at radius 2 is 2.11 bits per heavy atom. The molecule has 0 radical (unpaired) electrons. The van der Waals surface area contributed by atoms with Gasteiger partial charge in [-0.25, -0.2) is 9.78 Å². The van der Waals surface area contributed by atoms with Crippen LogP contribution in [0, 0.1) is 0 Å². The molecule has 0 aliphatic carbocycles. The van der Waals surface area contributed by atoms with E-state index in [0.717, 1.165) is 37.0 Å². The van der Waals surface area contributed by atoms with Crippen molar-refractivity contribution in [3.8, 4) is 5.75 Å². The highest BCUT2D eigenvalue weighted by Crippen LogP contribution is 2.36. The quantitative estimate of drug-likeness (QED) is 0.652. The van der Waals surface area contributed by atoms with Gasteiger partial charge in [0.2, 0.25) is 5.91 Å². The number of rotatable bonds is 8. The topological polar surface area (TPSA) is 79.7 Å². The van der Waals surface area contributed by atoms with Crippen molar-refractivity contribution in [1.29, 1.82) is 0 Å². The molecular formula is C20H23ClN2O4S. The summed E-state index contributed by atoms with van der Waals surface area (Å²) in [7, 11) is 0. The highest BCUT2D eigenvalue weighted by Gasteiger charge is 2.33. The number of unbranched alkanes of at least 4 members (excludes halogenated alkanes) is 1. The second-order valence-electron chi connectivity index (χ2n) is 6.72. The van der Waals surface area contributed by atoms with Crippen LogP contribution < -0.4 is 4.74 Å². The number of hydrogen-bond donors (Lipinski definition) is 1. The van der Waals surface area contributed by atoms with Crippen molar-refractivity contribution in [2.24, 2.45) is 0 Å². The molecule has 1 N–H and O–H groups in total. The average Bonchev–Trinajstić information content (AvgIpc) is 3.32. The number of amides is 1. The van der Waals surface area contributed by atoms with E-state index < -0.39 is 5.97 Å². The molecule has 1 aromatic carbocycles. The van der Waals surface area contributed by atoms with Gasteiger partial charge >= 0.3 is 5.97 Å². The van der Waals surface area contributed by atoms with E-state index in [-0.39, 0.29) is 23.4 Å². The lowest BCUT2D eigenvalue weighted by atomic mass is 10.2. The lowest BCUT2D eigenvalue weighted by Gasteiger charge is -2.23. The van der Waals surface area contributed by atoms with Gasteiger partial charge in [0.25, 0.3) is 0 Å². The fourth-order valence-corrected chi connectivity index (χ4v) is 4.44. The van der Waals surface area contributed by atoms with Gasteiger partial charge in [-0.2, -0.15) is 0 Å². The Hall–Kier alpha value is -2.12. The lowest BCUT2D eigenvalue weighted by molar-refractivity contribution is -0.132. The predicted molar refractivity (Wildman–Crippen MR) is 108 cm³/mol. The molecular weight excluding hydrogens is 400 g/mol. The van der Waals surface area contributed by atoms with Crippen molar-refractivity contribution in [3.05, 3.63) is 44.9 Å². The number of carboxylic acid groups (broad SMARTS) is 1. The van der Waals surface area contributed by atoms with Gasteiger partial charge in [-0.1, -0.05) is 24.9 Å². The predicted octanol–water partition coefficient (Wildman–Crippen LogP) is 4.93. The minimum Gasteiger partial charge on any atom is -0.487 e. The van der Waals surface area contributed by atoms with E-state index in [1.54, 1.807) is 24.3 Å². The van der Waals surface area contributed by atoms with Crippen LogP contribution in [0.1, 0.15) is 65.4 Å². The molecule has 2 heterocycles. The zero-order valence-corrected chi connectivity index (χ0v) is 17.3. The van der Waals surface area contributed by atoms with Crippen LogP contribution >= 0.6 is 22.9 Å². The van der Waals surface area contributed by atoms with Crippen LogP contribution in [0.15, 0.2) is 24.3 Å². The Balaban J connectivity index is 1.76. The van der Waals surface area contributed by atoms with Crippen LogP contribution in [0.4, 0.5) is 0 Å². The summed E-state index contributed by atoms with van der Waals surface area (Å²) in [6.45, 7) is 2.81. The van der Waals surface area contributed by atoms with Crippen molar-refractivity contribution in [2.45, 2.75) is 51.7 Å². The fourth-order valence-electron chi connectivity index (χ4n) is 3.25. The van der Waals surface area contributed by atoms with Crippen LogP contribution in [-0.2, 0) is 11.4 Å². The zero-order chi connectivity index (χ0) is 20.1. The molecule has 6 nitrogen and oxygen atoms in total. The lowest BCUT2D eigenvalue weighted by Crippen LogP contribution is -2.30. The molecule has 1 saturated heterocycles. The number of nitrogens with zero attached hydrogens (tertiary/aromatic N) is 2. The van der Waals surface area contributed by atoms with E-state index in [1.165, 1.54) is 0 Å². The number of hydrogen-bond acceptors (Lipinski definition) is 5. The van der Waals surface area contributed by atoms with Crippen molar-refractivity contribution < 1.29 is 19.4 Å². The highest BCUT2D eigenvalue weighted by molar-refractivity contribution is 7.13. The zero-order valence-electron chi connectivity index (χ0n) is 15.7. The number of aromatic carboxylic acids is 1. The standard InChI is InChI=1S/C20H23ClN2O4S/c1-2-3-6-17(24)23-11-4-5-16(23)19-22-15(18(28-19)20(25)26)12-27-14-9-7-13(21)8-10-14/h7-10,16H,2-6,11-12H2,1H3,(H,25,26)/t16-/m0/s1. The van der Waals surface area contributed by atoms with E-state index in [9.17, 15) is 14.7 Å². The summed E-state index contributed by atoms with van der Waals surface area (Å²) < 4.78 is 5.68. The van der Waals surface area contributed by atoms with Crippen molar-refractivity contribution >= 4 is 34.8 Å². The van der Waals surface area contributed by atoms with E-state index in [4.69, 9.17) is 16.3 Å². The first-order valence-electron chi connectivity index (χ1n) is 9.40. The van der Waals surface area contributed by atoms with Gasteiger partial charge in [0, 0.05) is 18.0 Å². The van der Waals surface area contributed by atoms with Gasteiger partial charge in [0.1, 0.15) is 27.9 Å². The Labute approximate surface area is 173 Å². The van der Waals surface area contributed by atoms with Crippen molar-refractivity contribution in [3.63, 3.8) is 0 Å². The van der Waals surface area contributed by atoms with Gasteiger partial charge in [0.15, 0.2) is 0 Å². The van der Waals surface area contributed by atoms with Gasteiger partial charge in [-0.15, -0.1) is 11.3 Å². The summed E-state index contributed by atoms with van der Waals surface area (Å²) in [6, 6.07) is 6.72. The van der Waals surface area contributed by atoms with Crippen LogP contribution in [0.5, 0.6) is 5.75 Å². The molecule has 0 spiro atoms. The third-order valence-electron chi connectivity index (χ3n) is 4.70. The summed E-state index contributed by atoms with van der Waals surface area (Å²) in [6.07, 6.45) is 4.07. The average molecular weight is 423 g/mol. The Morgan fingerprint density at radius 1 is 1.36 bits per heavy atom. The molecule has 2 aromatic rings. The molecule has 0 bridgehead atoms. The monoisotopic (exact) mass is 422 g/mol. The third-order valence-corrected chi connectivity index (χ3v) is 6.14. The number of aromatic nitrogens is 1. The summed E-state index contributed by atoms with van der Waals surface area (Å²) in [4.78, 5) is 30.7. The summed E-state index contributed by atoms with van der Waals surface area (Å²) in [5.41, 5.74) is 0.385. The smallest absolute Gasteiger partial charge is 0.347 e. The van der Waals surface area contributed by atoms with Crippen LogP contribution in [-0.4, -0.2) is 33.4 Å². The minimum atomic E-state index is -1.03. The van der Waals surface area contributed by atoms with Gasteiger partial charge in [0.05, 0.1) is 6.04 Å². The molecule has 1 atom stereocenters. The molecule has 28 heavy (non-hydrogen) atoms. The molecule has 1 aliphatic heterocycles. The molecule has 0 unspecified atom stereocenters. The molecule has 0 saturated carbocycles. The molecule has 3 rings (SSSR count). The molecule has 1 aromatic heterocycles. The van der Waals surface area contributed by atoms with E-state index in [1.807, 2.05) is 4.90 Å². The molecule has 1 amide bonds. The first-order valence-corrected chi connectivity index (χ1v) is 10.6. The number of carbonyl (C=O) groups excluding carboxylic acids is 1. The summed E-state index contributed by atoms with van der Waals surface area (Å²) in [5.74, 6) is -0.316. The normalized spacial score (nSPS) is 16.4. The van der Waals surface area contributed by atoms with Crippen molar-refractivity contribution in [2.75, 3.05) is 6.54 Å². The molecule has 1 aliphatic rings. The minimum absolute atomic E-state index is 0.0519. The Bertz CT molecular complexity index is 837. The van der Waals surface area contributed by atoms with Gasteiger partial charge in [-0.05, 0) is 43.5 Å². The first kappa shape index (κ1) is 20.6. The number of benzene rings is 1. The maximum absolute atomic E-state index is 12.5. The molecule has 150 valence electrons. The van der Waals surface area contributed by atoms with E-state index in [0.29, 0.717) is 34.4 Å². The number of ether oxygens (including phenoxy) is 1. The Kier molecular flexibility index (Phi) is 6.91. The van der Waals surface area contributed by atoms with E-state index >= 15 is 0 Å². The van der Waals surface area contributed by atoms with Crippen LogP contribution in [0.25, 0.3) is 0 Å². The second-order valence-corrected chi connectivity index (χ2v) is 8.19. The van der Waals surface area contributed by atoms with Crippen LogP contribution in [0.2, 0.25) is 5.02 Å². The number of thiazole rings is 1. The molecule has 8 heteroatoms. The van der Waals surface area contributed by atoms with Crippen molar-refractivity contribution in [1.82, 2.24) is 9.88 Å². The number of halogens is 1. The van der Waals surface area contributed by atoms with Crippen LogP contribution in [0.3, 0.4) is 0 Å². The summed E-state index contributed by atoms with van der Waals surface area (Å²) >= 11 is 7.01. The number of likely N-dealkylation sites (tertiary alicyclic amines) is 1. The van der Waals surface area contributed by atoms with Gasteiger partial charge in [-0.3, -0.25) is 4.79 Å².